The highest BCUT2D eigenvalue weighted by atomic mass is 35.5. The highest BCUT2D eigenvalue weighted by Crippen LogP contribution is 2.38. The molecule has 0 spiro atoms. The van der Waals surface area contributed by atoms with Crippen LogP contribution in [-0.4, -0.2) is 97.2 Å². The zero-order valence-electron chi connectivity index (χ0n) is 28.4. The van der Waals surface area contributed by atoms with Crippen molar-refractivity contribution in [1.29, 1.82) is 0 Å². The fourth-order valence-electron chi connectivity index (χ4n) is 5.61. The number of methoxy groups -OCH3 is 2. The smallest absolute Gasteiger partial charge is 0.409 e. The van der Waals surface area contributed by atoms with Crippen molar-refractivity contribution < 1.29 is 43.5 Å². The third-order valence-corrected chi connectivity index (χ3v) is 9.38. The second kappa shape index (κ2) is 15.8. The molecule has 1 aromatic rings. The van der Waals surface area contributed by atoms with Crippen LogP contribution in [0.3, 0.4) is 0 Å². The van der Waals surface area contributed by atoms with Gasteiger partial charge in [-0.2, -0.15) is 0 Å². The maximum absolute atomic E-state index is 13.8. The van der Waals surface area contributed by atoms with Gasteiger partial charge in [0.05, 0.1) is 24.8 Å². The van der Waals surface area contributed by atoms with Crippen molar-refractivity contribution >= 4 is 35.3 Å². The Morgan fingerprint density at radius 1 is 1.28 bits per heavy atom. The van der Waals surface area contributed by atoms with Crippen LogP contribution >= 0.6 is 11.6 Å². The van der Waals surface area contributed by atoms with E-state index in [-0.39, 0.29) is 36.6 Å². The number of benzene rings is 1. The lowest BCUT2D eigenvalue weighted by atomic mass is 9.83. The fourth-order valence-corrected chi connectivity index (χ4v) is 5.92. The van der Waals surface area contributed by atoms with Gasteiger partial charge in [-0.25, -0.2) is 9.80 Å². The number of alkyl carbamates (subject to hydrolysis) is 1. The van der Waals surface area contributed by atoms with Gasteiger partial charge in [-0.3, -0.25) is 20.7 Å². The van der Waals surface area contributed by atoms with Gasteiger partial charge in [-0.1, -0.05) is 42.3 Å². The average molecular weight is 681 g/mol. The number of ether oxygens (including phenoxy) is 4. The molecule has 0 radical (unpaired) electrons. The number of carbonyl (C=O) groups excluding carboxylic acids is 3. The molecule has 2 aliphatic rings. The monoisotopic (exact) mass is 680 g/mol. The number of aliphatic hydroxyl groups is 2. The van der Waals surface area contributed by atoms with Gasteiger partial charge in [-0.15, -0.1) is 0 Å². The third-order valence-electron chi connectivity index (χ3n) is 9.00. The van der Waals surface area contributed by atoms with Crippen LogP contribution in [0.4, 0.5) is 10.5 Å². The average Bonchev–Trinajstić information content (AvgIpc) is 3.00. The minimum absolute atomic E-state index is 0.00296. The topological polar surface area (TPSA) is 173 Å². The minimum atomic E-state index is -1.78. The van der Waals surface area contributed by atoms with Crippen LogP contribution in [0.1, 0.15) is 58.9 Å². The van der Waals surface area contributed by atoms with Gasteiger partial charge in [0.2, 0.25) is 5.91 Å². The van der Waals surface area contributed by atoms with Crippen LogP contribution in [0, 0.1) is 5.92 Å². The number of hydrazine groups is 1. The molecule has 0 aromatic heterocycles. The molecular weight excluding hydrogens is 632 g/mol. The van der Waals surface area contributed by atoms with Gasteiger partial charge >= 0.3 is 12.1 Å². The number of nitrogens with one attached hydrogen (secondary N) is 1. The third kappa shape index (κ3) is 9.46. The molecule has 13 nitrogen and oxygen atoms in total. The molecule has 262 valence electrons. The normalized spacial score (nSPS) is 31.9. The molecule has 7 atom stereocenters. The number of nitrogens with zero attached hydrogens (tertiary/aromatic N) is 2. The maximum atomic E-state index is 13.8. The fraction of sp³-hybridized carbons (Fsp3) is 0.606. The molecule has 1 saturated heterocycles. The highest BCUT2D eigenvalue weighted by Gasteiger charge is 2.47. The number of esters is 1. The molecule has 47 heavy (non-hydrogen) atoms. The molecule has 14 heteroatoms. The predicted molar refractivity (Wildman–Crippen MR) is 177 cm³/mol. The van der Waals surface area contributed by atoms with Crippen molar-refractivity contribution in [3.05, 3.63) is 46.5 Å². The number of allylic oxidation sites excluding steroid dienone is 3. The molecule has 5 N–H and O–H groups in total. The molecular formula is C33H49ClN4O9. The van der Waals surface area contributed by atoms with Crippen molar-refractivity contribution in [1.82, 2.24) is 10.3 Å². The summed E-state index contributed by atoms with van der Waals surface area (Å²) in [5, 5.41) is 27.2. The van der Waals surface area contributed by atoms with E-state index in [4.69, 9.17) is 36.4 Å². The lowest BCUT2D eigenvalue weighted by molar-refractivity contribution is -0.172. The number of fused-ring (bicyclic) bond motifs is 4. The van der Waals surface area contributed by atoms with E-state index in [2.05, 4.69) is 5.32 Å². The summed E-state index contributed by atoms with van der Waals surface area (Å²) in [5.41, 5.74) is -1.39. The number of anilines is 1. The number of carbonyl (C=O) groups is 3. The standard InChI is InChI=1S/C33H49ClN4O9/c1-19-10-9-11-26(45-8)33(43)18-25(46-31(41)36-33)20(2)12-13-32(4,42)27(47-30(40)21(3)38(6)35)17-28(39)37(5)23-15-22(14-19)16-24(44-7)29(23)34/h9-11,15-16,20-21,25-27,42-43H,12-14,17-18,35H2,1-8H3,(H,36,41)/b11-9+,19-10+/t20-,21-,25-,26+,27-,32+,33-/m0/s1. The molecule has 0 saturated carbocycles. The Balaban J connectivity index is 2.11. The number of nitrogens with two attached hydrogens (primary N) is 1. The van der Waals surface area contributed by atoms with Crippen LogP contribution in [0.2, 0.25) is 5.02 Å². The number of likely N-dealkylation sites (N-methyl/N-ethyl adjacent to an activating group) is 1. The molecule has 2 aliphatic heterocycles. The first-order valence-corrected chi connectivity index (χ1v) is 15.9. The van der Waals surface area contributed by atoms with E-state index in [1.165, 1.54) is 38.1 Å². The van der Waals surface area contributed by atoms with Crippen molar-refractivity contribution in [2.75, 3.05) is 33.2 Å². The van der Waals surface area contributed by atoms with Crippen LogP contribution in [0.5, 0.6) is 5.75 Å². The largest absolute Gasteiger partial charge is 0.495 e. The van der Waals surface area contributed by atoms with Gasteiger partial charge in [0.25, 0.3) is 0 Å². The maximum Gasteiger partial charge on any atom is 0.409 e. The Morgan fingerprint density at radius 2 is 1.96 bits per heavy atom. The van der Waals surface area contributed by atoms with Gasteiger partial charge in [-0.05, 0) is 63.6 Å². The summed E-state index contributed by atoms with van der Waals surface area (Å²) in [5.74, 6) is 4.59. The SMILES string of the molecule is COc1cc2cc(c1Cl)N(C)C(=O)C[C@H](OC(=O)[C@H](C)N(C)N)[C@](C)(O)CC[C@H](C)[C@@H]1C[C@@](O)(NC(=O)O1)[C@H](OC)/C=C/C=C(\C)C2. The van der Waals surface area contributed by atoms with Gasteiger partial charge in [0, 0.05) is 27.6 Å². The number of amides is 2. The molecule has 0 aliphatic carbocycles. The molecule has 2 heterocycles. The molecule has 4 bridgehead atoms. The second-order valence-electron chi connectivity index (χ2n) is 12.9. The van der Waals surface area contributed by atoms with Crippen molar-refractivity contribution in [3.8, 4) is 5.75 Å². The van der Waals surface area contributed by atoms with Gasteiger partial charge < -0.3 is 34.1 Å². The summed E-state index contributed by atoms with van der Waals surface area (Å²) in [6.07, 6.45) is 1.93. The van der Waals surface area contributed by atoms with E-state index >= 15 is 0 Å². The number of hydrogen-bond donors (Lipinski definition) is 4. The number of rotatable bonds is 5. The van der Waals surface area contributed by atoms with E-state index in [1.807, 2.05) is 19.9 Å². The summed E-state index contributed by atoms with van der Waals surface area (Å²) in [4.78, 5) is 40.8. The van der Waals surface area contributed by atoms with E-state index < -0.39 is 53.6 Å². The lowest BCUT2D eigenvalue weighted by Crippen LogP contribution is -2.63. The first-order valence-electron chi connectivity index (χ1n) is 15.5. The van der Waals surface area contributed by atoms with E-state index in [0.29, 0.717) is 17.9 Å². The molecule has 3 rings (SSSR count). The molecule has 1 aromatic carbocycles. The first-order chi connectivity index (χ1) is 21.9. The Hall–Kier alpha value is -3.20. The van der Waals surface area contributed by atoms with Crippen molar-refractivity contribution in [2.24, 2.45) is 11.8 Å². The van der Waals surface area contributed by atoms with E-state index in [0.717, 1.165) is 11.1 Å². The molecule has 2 amide bonds. The summed E-state index contributed by atoms with van der Waals surface area (Å²) in [7, 11) is 5.96. The van der Waals surface area contributed by atoms with Gasteiger partial charge in [0.1, 0.15) is 35.1 Å². The summed E-state index contributed by atoms with van der Waals surface area (Å²) in [6, 6.07) is 2.68. The van der Waals surface area contributed by atoms with Crippen LogP contribution in [0.25, 0.3) is 0 Å². The van der Waals surface area contributed by atoms with Crippen molar-refractivity contribution in [3.63, 3.8) is 0 Å². The number of halogens is 1. The van der Waals surface area contributed by atoms with E-state index in [9.17, 15) is 24.6 Å². The Morgan fingerprint density at radius 3 is 2.57 bits per heavy atom. The van der Waals surface area contributed by atoms with Crippen LogP contribution in [0.15, 0.2) is 35.9 Å². The Bertz CT molecular complexity index is 1370. The highest BCUT2D eigenvalue weighted by molar-refractivity contribution is 6.35. The van der Waals surface area contributed by atoms with E-state index in [1.54, 1.807) is 38.3 Å². The first kappa shape index (κ1) is 38.2. The van der Waals surface area contributed by atoms with Crippen molar-refractivity contribution in [2.45, 2.75) is 95.5 Å². The number of hydrogen-bond acceptors (Lipinski definition) is 11. The van der Waals surface area contributed by atoms with Crippen LogP contribution in [-0.2, 0) is 30.2 Å². The predicted octanol–water partition coefficient (Wildman–Crippen LogP) is 3.24. The molecule has 0 unspecified atom stereocenters. The minimum Gasteiger partial charge on any atom is -0.495 e. The summed E-state index contributed by atoms with van der Waals surface area (Å²) < 4.78 is 22.4. The zero-order valence-corrected chi connectivity index (χ0v) is 29.2. The van der Waals surface area contributed by atoms with Gasteiger partial charge in [0.15, 0.2) is 5.72 Å². The quantitative estimate of drug-likeness (QED) is 0.204. The Kier molecular flexibility index (Phi) is 12.9. The summed E-state index contributed by atoms with van der Waals surface area (Å²) >= 11 is 6.68. The van der Waals surface area contributed by atoms with Crippen LogP contribution < -0.4 is 20.8 Å². The Labute approximate surface area is 281 Å². The second-order valence-corrected chi connectivity index (χ2v) is 13.2. The lowest BCUT2D eigenvalue weighted by Gasteiger charge is -2.42. The molecule has 1 fully saturated rings. The summed E-state index contributed by atoms with van der Waals surface area (Å²) in [6.45, 7) is 6.76. The zero-order chi connectivity index (χ0) is 35.3.